The Balaban J connectivity index is 1.97. The van der Waals surface area contributed by atoms with Gasteiger partial charge in [0.2, 0.25) is 10.0 Å². The Morgan fingerprint density at radius 3 is 2.41 bits per heavy atom. The number of aliphatic hydroxyl groups excluding tert-OH is 4. The summed E-state index contributed by atoms with van der Waals surface area (Å²) in [6.07, 6.45) is -5.30. The third-order valence-corrected chi connectivity index (χ3v) is 6.55. The number of benzene rings is 1. The molecule has 1 fully saturated rings. The second kappa shape index (κ2) is 7.39. The first-order valence-corrected chi connectivity index (χ1v) is 9.59. The Labute approximate surface area is 154 Å². The van der Waals surface area contributed by atoms with E-state index in [9.17, 15) is 23.7 Å². The molecule has 0 bridgehead atoms. The van der Waals surface area contributed by atoms with Gasteiger partial charge in [0, 0.05) is 20.0 Å². The average molecular weight is 403 g/mol. The minimum atomic E-state index is -3.78. The van der Waals surface area contributed by atoms with E-state index in [0.717, 1.165) is 4.31 Å². The van der Waals surface area contributed by atoms with Gasteiger partial charge in [0.05, 0.1) is 12.7 Å². The van der Waals surface area contributed by atoms with Gasteiger partial charge in [0.25, 0.3) is 0 Å². The van der Waals surface area contributed by atoms with E-state index in [1.807, 2.05) is 0 Å². The minimum Gasteiger partial charge on any atom is -0.394 e. The van der Waals surface area contributed by atoms with Crippen LogP contribution in [0.2, 0.25) is 0 Å². The summed E-state index contributed by atoms with van der Waals surface area (Å²) in [4.78, 5) is -0.0890. The number of rotatable bonds is 5. The van der Waals surface area contributed by atoms with Crippen LogP contribution in [0.25, 0.3) is 11.0 Å². The molecule has 3 unspecified atom stereocenters. The van der Waals surface area contributed by atoms with Crippen LogP contribution in [0.5, 0.6) is 0 Å². The maximum Gasteiger partial charge on any atom is 0.244 e. The third kappa shape index (κ3) is 3.45. The fraction of sp³-hybridized carbons (Fsp3) is 0.600. The van der Waals surface area contributed by atoms with Gasteiger partial charge in [-0.05, 0) is 28.4 Å². The lowest BCUT2D eigenvalue weighted by Gasteiger charge is -2.40. The first-order valence-electron chi connectivity index (χ1n) is 8.15. The van der Waals surface area contributed by atoms with Crippen LogP contribution in [0, 0.1) is 5.92 Å². The smallest absolute Gasteiger partial charge is 0.244 e. The van der Waals surface area contributed by atoms with Gasteiger partial charge in [-0.1, -0.05) is 6.07 Å². The molecule has 150 valence electrons. The summed E-state index contributed by atoms with van der Waals surface area (Å²) in [5.74, 6) is -0.931. The number of hydrogen-bond acceptors (Lipinski definition) is 10. The maximum absolute atomic E-state index is 12.4. The highest BCUT2D eigenvalue weighted by molar-refractivity contribution is 7.89. The van der Waals surface area contributed by atoms with Crippen LogP contribution in [-0.2, 0) is 21.2 Å². The van der Waals surface area contributed by atoms with Gasteiger partial charge in [-0.3, -0.25) is 0 Å². The van der Waals surface area contributed by atoms with Crippen molar-refractivity contribution in [2.75, 3.05) is 20.7 Å². The molecule has 27 heavy (non-hydrogen) atoms. The molecule has 12 heteroatoms. The van der Waals surface area contributed by atoms with Crippen molar-refractivity contribution in [1.82, 2.24) is 14.6 Å². The Morgan fingerprint density at radius 1 is 1.11 bits per heavy atom. The van der Waals surface area contributed by atoms with Crippen molar-refractivity contribution >= 4 is 21.1 Å². The van der Waals surface area contributed by atoms with E-state index in [1.165, 1.54) is 26.2 Å². The van der Waals surface area contributed by atoms with E-state index in [0.29, 0.717) is 5.56 Å². The van der Waals surface area contributed by atoms with Crippen molar-refractivity contribution in [3.8, 4) is 0 Å². The summed E-state index contributed by atoms with van der Waals surface area (Å²) in [7, 11) is -1.02. The summed E-state index contributed by atoms with van der Waals surface area (Å²) >= 11 is 0. The van der Waals surface area contributed by atoms with Crippen LogP contribution in [0.3, 0.4) is 0 Å². The molecule has 11 nitrogen and oxygen atoms in total. The predicted molar refractivity (Wildman–Crippen MR) is 89.9 cm³/mol. The summed E-state index contributed by atoms with van der Waals surface area (Å²) in [5, 5.41) is 47.0. The fourth-order valence-electron chi connectivity index (χ4n) is 3.09. The largest absolute Gasteiger partial charge is 0.394 e. The van der Waals surface area contributed by atoms with E-state index in [2.05, 4.69) is 10.3 Å². The molecule has 1 aliphatic heterocycles. The Morgan fingerprint density at radius 2 is 1.78 bits per heavy atom. The van der Waals surface area contributed by atoms with Crippen LogP contribution in [0.4, 0.5) is 0 Å². The van der Waals surface area contributed by atoms with E-state index in [-0.39, 0.29) is 22.3 Å². The number of ether oxygens (including phenoxy) is 1. The maximum atomic E-state index is 12.4. The third-order valence-electron chi connectivity index (χ3n) is 4.71. The molecule has 3 rings (SSSR count). The summed E-state index contributed by atoms with van der Waals surface area (Å²) in [5.41, 5.74) is 0.636. The highest BCUT2D eigenvalue weighted by Crippen LogP contribution is 2.31. The molecule has 1 aromatic carbocycles. The van der Waals surface area contributed by atoms with Crippen molar-refractivity contribution < 1.29 is 38.2 Å². The van der Waals surface area contributed by atoms with Gasteiger partial charge in [-0.2, -0.15) is 0 Å². The van der Waals surface area contributed by atoms with Crippen molar-refractivity contribution in [2.24, 2.45) is 5.92 Å². The number of fused-ring (bicyclic) bond motifs is 1. The normalized spacial score (nSPS) is 29.5. The van der Waals surface area contributed by atoms with E-state index >= 15 is 0 Å². The second-order valence-electron chi connectivity index (χ2n) is 6.57. The van der Waals surface area contributed by atoms with Crippen LogP contribution in [0.15, 0.2) is 21.7 Å². The Hall–Kier alpha value is -1.67. The fourth-order valence-corrected chi connectivity index (χ4v) is 4.11. The second-order valence-corrected chi connectivity index (χ2v) is 8.69. The first kappa shape index (κ1) is 20.1. The molecule has 0 aliphatic carbocycles. The topological polar surface area (TPSA) is 166 Å². The van der Waals surface area contributed by atoms with Crippen molar-refractivity contribution in [3.05, 3.63) is 17.7 Å². The van der Waals surface area contributed by atoms with Crippen LogP contribution in [-0.4, -0.2) is 88.8 Å². The number of hydrogen-bond donors (Lipinski definition) is 4. The zero-order valence-electron chi connectivity index (χ0n) is 14.6. The lowest BCUT2D eigenvalue weighted by Crippen LogP contribution is -2.56. The lowest BCUT2D eigenvalue weighted by molar-refractivity contribution is -0.269. The summed E-state index contributed by atoms with van der Waals surface area (Å²) in [6.45, 7) is -0.559. The highest BCUT2D eigenvalue weighted by Gasteiger charge is 2.43. The first-order chi connectivity index (χ1) is 12.7. The number of aromatic nitrogens is 2. The zero-order valence-corrected chi connectivity index (χ0v) is 15.4. The molecule has 1 saturated heterocycles. The molecule has 1 aromatic heterocycles. The summed E-state index contributed by atoms with van der Waals surface area (Å²) < 4.78 is 35.7. The molecular weight excluding hydrogens is 382 g/mol. The lowest BCUT2D eigenvalue weighted by atomic mass is 9.86. The molecule has 1 aliphatic rings. The van der Waals surface area contributed by atoms with Gasteiger partial charge in [0.15, 0.2) is 11.8 Å². The molecule has 2 aromatic rings. The van der Waals surface area contributed by atoms with Crippen LogP contribution >= 0.6 is 0 Å². The molecule has 4 N–H and O–H groups in total. The van der Waals surface area contributed by atoms with Crippen LogP contribution in [0.1, 0.15) is 5.56 Å². The zero-order chi connectivity index (χ0) is 19.9. The monoisotopic (exact) mass is 403 g/mol. The molecule has 0 radical (unpaired) electrons. The van der Waals surface area contributed by atoms with Gasteiger partial charge in [-0.15, -0.1) is 0 Å². The predicted octanol–water partition coefficient (Wildman–Crippen LogP) is -1.94. The van der Waals surface area contributed by atoms with Crippen molar-refractivity contribution in [3.63, 3.8) is 0 Å². The van der Waals surface area contributed by atoms with Gasteiger partial charge < -0.3 is 25.2 Å². The number of sulfonamides is 1. The van der Waals surface area contributed by atoms with E-state index < -0.39 is 47.2 Å². The molecule has 2 heterocycles. The molecular formula is C15H21N3O8S. The number of nitrogens with zero attached hydrogens (tertiary/aromatic N) is 3. The van der Waals surface area contributed by atoms with E-state index in [1.54, 1.807) is 0 Å². The highest BCUT2D eigenvalue weighted by atomic mass is 32.2. The molecule has 0 spiro atoms. The van der Waals surface area contributed by atoms with Gasteiger partial charge in [-0.25, -0.2) is 17.4 Å². The number of aliphatic hydroxyl groups is 4. The quantitative estimate of drug-likeness (QED) is 0.441. The molecule has 0 amide bonds. The Bertz CT molecular complexity index is 915. The standard InChI is InChI=1S/C15H21N3O8S/c1-18(2)27(23,24)10-4-3-7(11-12(10)17-26-16-11)5-8-13(20)14(21)9(6-19)25-15(8)22/h3-4,8-9,13-15,19-22H,5-6H2,1-2H3/t8?,9?,13-,14+,15?/m1/s1. The van der Waals surface area contributed by atoms with Gasteiger partial charge in [0.1, 0.15) is 22.6 Å². The van der Waals surface area contributed by atoms with E-state index in [4.69, 9.17) is 14.5 Å². The van der Waals surface area contributed by atoms with Crippen LogP contribution < -0.4 is 0 Å². The molecule has 5 atom stereocenters. The average Bonchev–Trinajstić information content (AvgIpc) is 3.11. The van der Waals surface area contributed by atoms with Crippen molar-refractivity contribution in [1.29, 1.82) is 0 Å². The van der Waals surface area contributed by atoms with Gasteiger partial charge >= 0.3 is 0 Å². The van der Waals surface area contributed by atoms with Crippen molar-refractivity contribution in [2.45, 2.75) is 35.9 Å². The SMILES string of the molecule is CN(C)S(=O)(=O)c1ccc(CC2C(O)OC(CO)[C@H](O)[C@@H]2O)c2nonc12. The molecule has 0 saturated carbocycles. The minimum absolute atomic E-state index is 0.00451. The Kier molecular flexibility index (Phi) is 5.49. The summed E-state index contributed by atoms with van der Waals surface area (Å²) in [6, 6.07) is 2.82.